The van der Waals surface area contributed by atoms with Crippen LogP contribution in [0.1, 0.15) is 24.5 Å². The molecule has 2 heterocycles. The number of halogens is 2. The van der Waals surface area contributed by atoms with E-state index in [-0.39, 0.29) is 41.1 Å². The summed E-state index contributed by atoms with van der Waals surface area (Å²) >= 11 is 6.48. The molecule has 1 atom stereocenters. The van der Waals surface area contributed by atoms with Crippen LogP contribution < -0.4 is 19.5 Å². The van der Waals surface area contributed by atoms with Gasteiger partial charge in [-0.1, -0.05) is 23.7 Å². The predicted molar refractivity (Wildman–Crippen MR) is 174 cm³/mol. The number of aromatic nitrogens is 1. The molecule has 4 aromatic rings. The fourth-order valence-corrected chi connectivity index (χ4v) is 11.1. The minimum atomic E-state index is -4.02. The molecule has 1 fully saturated rings. The van der Waals surface area contributed by atoms with Gasteiger partial charge >= 0.3 is 0 Å². The summed E-state index contributed by atoms with van der Waals surface area (Å²) in [6, 6.07) is 16.2. The number of pyridine rings is 1. The van der Waals surface area contributed by atoms with Crippen molar-refractivity contribution in [3.8, 4) is 17.6 Å². The highest BCUT2D eigenvalue weighted by Crippen LogP contribution is 2.63. The lowest BCUT2D eigenvalue weighted by Gasteiger charge is -2.32. The molecule has 1 unspecified atom stereocenters. The maximum Gasteiger partial charge on any atom is 0.234 e. The number of nitrogens with zero attached hydrogens (tertiary/aromatic N) is 2. The molecular weight excluding hydrogens is 651 g/mol. The number of anilines is 3. The highest BCUT2D eigenvalue weighted by molar-refractivity contribution is 8.90. The van der Waals surface area contributed by atoms with Crippen LogP contribution in [0.25, 0.3) is 10.9 Å². The molecule has 1 aromatic heterocycles. The van der Waals surface area contributed by atoms with E-state index in [1.807, 2.05) is 0 Å². The first-order valence-electron chi connectivity index (χ1n) is 13.3. The summed E-state index contributed by atoms with van der Waals surface area (Å²) in [7, 11) is -6.12. The summed E-state index contributed by atoms with van der Waals surface area (Å²) in [5.74, 6) is 0.216. The van der Waals surface area contributed by atoms with Crippen LogP contribution in [0.2, 0.25) is 5.02 Å². The Morgan fingerprint density at radius 2 is 2.00 bits per heavy atom. The number of hydrogen-bond acceptors (Lipinski definition) is 10. The average molecular weight is 679 g/mol. The summed E-state index contributed by atoms with van der Waals surface area (Å²) in [6.45, 7) is 2.10. The number of nitriles is 1. The van der Waals surface area contributed by atoms with Crippen molar-refractivity contribution in [2.45, 2.75) is 25.2 Å². The first-order valence-corrected chi connectivity index (χ1v) is 18.5. The van der Waals surface area contributed by atoms with E-state index in [1.165, 1.54) is 24.4 Å². The maximum atomic E-state index is 13.5. The van der Waals surface area contributed by atoms with Crippen LogP contribution in [-0.2, 0) is 16.6 Å². The average Bonchev–Trinajstić information content (AvgIpc) is 3.29. The highest BCUT2D eigenvalue weighted by Gasteiger charge is 2.36. The number of benzene rings is 3. The molecule has 4 N–H and O–H groups in total. The molecule has 5 rings (SSSR count). The van der Waals surface area contributed by atoms with Crippen LogP contribution in [0.5, 0.6) is 11.5 Å². The zero-order valence-corrected chi connectivity index (χ0v) is 26.5. The monoisotopic (exact) mass is 678 g/mol. The molecule has 1 saturated heterocycles. The summed E-state index contributed by atoms with van der Waals surface area (Å²) in [4.78, 5) is 4.37. The maximum absolute atomic E-state index is 13.5. The van der Waals surface area contributed by atoms with Gasteiger partial charge in [-0.2, -0.15) is 5.26 Å². The van der Waals surface area contributed by atoms with Crippen LogP contribution in [0, 0.1) is 17.1 Å². The van der Waals surface area contributed by atoms with E-state index < -0.39 is 30.6 Å². The molecule has 1 aliphatic heterocycles. The Labute approximate surface area is 264 Å². The Kier molecular flexibility index (Phi) is 9.64. The van der Waals surface area contributed by atoms with E-state index in [0.717, 1.165) is 10.8 Å². The van der Waals surface area contributed by atoms with E-state index in [4.69, 9.17) is 21.1 Å². The van der Waals surface area contributed by atoms with Crippen molar-refractivity contribution in [3.63, 3.8) is 0 Å². The lowest BCUT2D eigenvalue weighted by molar-refractivity contribution is 0.306. The van der Waals surface area contributed by atoms with Gasteiger partial charge in [-0.15, -0.1) is 9.62 Å². The summed E-state index contributed by atoms with van der Waals surface area (Å²) < 4.78 is 74.3. The molecular formula is C29H28ClFN4O6S3. The molecule has 0 aliphatic carbocycles. The van der Waals surface area contributed by atoms with Gasteiger partial charge in [0.05, 0.1) is 45.1 Å². The second-order valence-corrected chi connectivity index (χ2v) is 16.5. The van der Waals surface area contributed by atoms with Crippen molar-refractivity contribution in [1.82, 2.24) is 4.98 Å². The van der Waals surface area contributed by atoms with E-state index in [0.29, 0.717) is 45.8 Å². The lowest BCUT2D eigenvalue weighted by atomic mass is 10.1. The number of sulfonamides is 1. The second-order valence-electron chi connectivity index (χ2n) is 9.80. The van der Waals surface area contributed by atoms with Gasteiger partial charge in [-0.05, 0) is 66.1 Å². The van der Waals surface area contributed by atoms with Crippen LogP contribution in [0.3, 0.4) is 0 Å². The van der Waals surface area contributed by atoms with Gasteiger partial charge in [0.25, 0.3) is 0 Å². The zero-order valence-electron chi connectivity index (χ0n) is 23.3. The quantitative estimate of drug-likeness (QED) is 0.117. The third-order valence-corrected chi connectivity index (χ3v) is 12.9. The number of nitrogens with one attached hydrogen (secondary N) is 2. The van der Waals surface area contributed by atoms with Crippen molar-refractivity contribution in [1.29, 1.82) is 5.26 Å². The Bertz CT molecular complexity index is 1860. The van der Waals surface area contributed by atoms with Crippen LogP contribution in [0.15, 0.2) is 60.8 Å². The van der Waals surface area contributed by atoms with Gasteiger partial charge < -0.3 is 14.8 Å². The molecule has 0 amide bonds. The lowest BCUT2D eigenvalue weighted by Crippen LogP contribution is -2.27. The minimum absolute atomic E-state index is 0.108. The molecule has 10 nitrogen and oxygen atoms in total. The standard InChI is InChI=1S/C29H28ClFN4O6S3/c1-2-40-28-13-25-23(12-26(28)35-43(36,37)17-22-8-9-42-44(22,38)39)29(19(14-32)15-33-25)34-21-6-7-27(24(30)11-21)41-16-18-4-3-5-20(31)10-18/h3-7,10-13,15,22,35,38-39H,2,8-9,16-17H2,1H3,(H,33,34). The number of fused-ring (bicyclic) bond motifs is 1. The van der Waals surface area contributed by atoms with Crippen molar-refractivity contribution in [2.75, 3.05) is 28.2 Å². The van der Waals surface area contributed by atoms with E-state index in [9.17, 15) is 27.2 Å². The minimum Gasteiger partial charge on any atom is -0.492 e. The van der Waals surface area contributed by atoms with E-state index in [2.05, 4.69) is 21.1 Å². The third-order valence-electron chi connectivity index (χ3n) is 6.68. The smallest absolute Gasteiger partial charge is 0.234 e. The molecule has 0 spiro atoms. The number of rotatable bonds is 11. The zero-order chi connectivity index (χ0) is 31.5. The largest absolute Gasteiger partial charge is 0.492 e. The Morgan fingerprint density at radius 3 is 2.68 bits per heavy atom. The molecule has 0 saturated carbocycles. The van der Waals surface area contributed by atoms with Crippen LogP contribution >= 0.6 is 32.0 Å². The van der Waals surface area contributed by atoms with E-state index >= 15 is 0 Å². The van der Waals surface area contributed by atoms with Crippen molar-refractivity contribution < 1.29 is 31.4 Å². The molecule has 15 heteroatoms. The van der Waals surface area contributed by atoms with Gasteiger partial charge in [0.15, 0.2) is 0 Å². The molecule has 3 aromatic carbocycles. The summed E-state index contributed by atoms with van der Waals surface area (Å²) in [5.41, 5.74) is 2.23. The summed E-state index contributed by atoms with van der Waals surface area (Å²) in [6.07, 6.45) is 1.76. The second kappa shape index (κ2) is 13.3. The fraction of sp³-hybridized carbons (Fsp3) is 0.241. The first-order chi connectivity index (χ1) is 21.0. The molecule has 1 aliphatic rings. The SMILES string of the molecule is CCOc1cc2ncc(C#N)c(Nc3ccc(OCc4cccc(F)c4)c(Cl)c3)c2cc1NS(=O)(=O)CC1CCSS1(O)O. The first kappa shape index (κ1) is 32.0. The molecule has 44 heavy (non-hydrogen) atoms. The van der Waals surface area contributed by atoms with Gasteiger partial charge in [-0.25, -0.2) is 12.8 Å². The van der Waals surface area contributed by atoms with Gasteiger partial charge in [-0.3, -0.25) is 18.8 Å². The Balaban J connectivity index is 1.45. The third kappa shape index (κ3) is 7.43. The fourth-order valence-electron chi connectivity index (χ4n) is 4.60. The predicted octanol–water partition coefficient (Wildman–Crippen LogP) is 7.53. The molecule has 0 radical (unpaired) electrons. The highest BCUT2D eigenvalue weighted by atomic mass is 35.5. The Hall–Kier alpha value is -3.45. The van der Waals surface area contributed by atoms with Crippen LogP contribution in [-0.4, -0.2) is 45.9 Å². The van der Waals surface area contributed by atoms with Crippen molar-refractivity contribution in [3.05, 3.63) is 82.8 Å². The molecule has 232 valence electrons. The van der Waals surface area contributed by atoms with Crippen molar-refractivity contribution in [2.24, 2.45) is 0 Å². The summed E-state index contributed by atoms with van der Waals surface area (Å²) in [5, 5.41) is 13.0. The van der Waals surface area contributed by atoms with Gasteiger partial charge in [0, 0.05) is 29.1 Å². The van der Waals surface area contributed by atoms with Crippen LogP contribution in [0.4, 0.5) is 21.5 Å². The van der Waals surface area contributed by atoms with Gasteiger partial charge in [0.1, 0.15) is 30.0 Å². The van der Waals surface area contributed by atoms with E-state index in [1.54, 1.807) is 43.3 Å². The number of hydrogen-bond donors (Lipinski definition) is 4. The topological polar surface area (TPSA) is 154 Å². The van der Waals surface area contributed by atoms with Gasteiger partial charge in [0.2, 0.25) is 10.0 Å². The molecule has 0 bridgehead atoms. The normalized spacial score (nSPS) is 16.7. The number of ether oxygens (including phenoxy) is 2. The Morgan fingerprint density at radius 1 is 1.18 bits per heavy atom. The van der Waals surface area contributed by atoms with Crippen molar-refractivity contribution >= 4 is 70.0 Å².